The summed E-state index contributed by atoms with van der Waals surface area (Å²) in [7, 11) is 0. The lowest BCUT2D eigenvalue weighted by Crippen LogP contribution is -2.28. The van der Waals surface area contributed by atoms with Gasteiger partial charge in [0.15, 0.2) is 0 Å². The summed E-state index contributed by atoms with van der Waals surface area (Å²) in [6.07, 6.45) is 9.83. The lowest BCUT2D eigenvalue weighted by molar-refractivity contribution is 0.176. The minimum atomic E-state index is 0.372. The molecule has 0 heteroatoms. The van der Waals surface area contributed by atoms with E-state index >= 15 is 0 Å². The van der Waals surface area contributed by atoms with Crippen molar-refractivity contribution in [2.75, 3.05) is 0 Å². The van der Waals surface area contributed by atoms with Crippen molar-refractivity contribution in [1.29, 1.82) is 0 Å². The molecule has 0 aromatic rings. The van der Waals surface area contributed by atoms with E-state index in [0.29, 0.717) is 10.8 Å². The minimum absolute atomic E-state index is 0.372. The molecule has 0 aromatic carbocycles. The molecule has 1 aliphatic carbocycles. The summed E-state index contributed by atoms with van der Waals surface area (Å²) in [5.41, 5.74) is 4.03. The van der Waals surface area contributed by atoms with Crippen LogP contribution in [0.25, 0.3) is 0 Å². The first-order valence-electron chi connectivity index (χ1n) is 7.52. The lowest BCUT2D eigenvalue weighted by atomic mass is 9.66. The van der Waals surface area contributed by atoms with Gasteiger partial charge in [-0.25, -0.2) is 0 Å². The average molecular weight is 248 g/mol. The van der Waals surface area contributed by atoms with Gasteiger partial charge in [-0.3, -0.25) is 0 Å². The molecule has 0 N–H and O–H groups in total. The number of allylic oxidation sites excluding steroid dienone is 4. The summed E-state index contributed by atoms with van der Waals surface area (Å²) in [4.78, 5) is 0. The molecule has 0 radical (unpaired) electrons. The monoisotopic (exact) mass is 248 g/mol. The minimum Gasteiger partial charge on any atom is -0.0730 e. The van der Waals surface area contributed by atoms with E-state index in [-0.39, 0.29) is 0 Å². The van der Waals surface area contributed by atoms with E-state index in [2.05, 4.69) is 60.6 Å². The fourth-order valence-corrected chi connectivity index (χ4v) is 2.74. The summed E-state index contributed by atoms with van der Waals surface area (Å²) < 4.78 is 0. The Hall–Kier alpha value is -0.520. The van der Waals surface area contributed by atoms with Crippen LogP contribution in [-0.2, 0) is 0 Å². The van der Waals surface area contributed by atoms with Gasteiger partial charge < -0.3 is 0 Å². The van der Waals surface area contributed by atoms with Crippen LogP contribution in [0.15, 0.2) is 23.3 Å². The Balaban J connectivity index is 2.94. The Kier molecular flexibility index (Phi) is 4.86. The average Bonchev–Trinajstić information content (AvgIpc) is 2.26. The zero-order valence-corrected chi connectivity index (χ0v) is 13.6. The first-order valence-corrected chi connectivity index (χ1v) is 7.52. The molecule has 0 aromatic heterocycles. The normalized spacial score (nSPS) is 19.3. The highest BCUT2D eigenvalue weighted by Crippen LogP contribution is 2.44. The Morgan fingerprint density at radius 1 is 1.06 bits per heavy atom. The molecule has 1 atom stereocenters. The zero-order chi connectivity index (χ0) is 14.0. The smallest absolute Gasteiger partial charge is 0.0146 e. The second-order valence-corrected chi connectivity index (χ2v) is 7.90. The van der Waals surface area contributed by atoms with Gasteiger partial charge in [0, 0.05) is 0 Å². The molecular formula is C18H32. The first kappa shape index (κ1) is 15.5. The van der Waals surface area contributed by atoms with Crippen molar-refractivity contribution in [3.8, 4) is 0 Å². The molecule has 0 heterocycles. The maximum Gasteiger partial charge on any atom is -0.0146 e. The Morgan fingerprint density at radius 3 is 2.06 bits per heavy atom. The van der Waals surface area contributed by atoms with E-state index in [0.717, 1.165) is 5.92 Å². The molecule has 1 rings (SSSR count). The third-order valence-electron chi connectivity index (χ3n) is 4.60. The number of hydrogen-bond donors (Lipinski definition) is 0. The van der Waals surface area contributed by atoms with Gasteiger partial charge >= 0.3 is 0 Å². The first-order chi connectivity index (χ1) is 8.15. The molecule has 1 unspecified atom stereocenters. The largest absolute Gasteiger partial charge is 0.0730 e. The van der Waals surface area contributed by atoms with Crippen LogP contribution in [0.4, 0.5) is 0 Å². The summed E-state index contributed by atoms with van der Waals surface area (Å²) >= 11 is 0. The van der Waals surface area contributed by atoms with E-state index in [1.807, 2.05) is 0 Å². The van der Waals surface area contributed by atoms with Crippen molar-refractivity contribution in [2.24, 2.45) is 16.7 Å². The molecule has 0 saturated carbocycles. The van der Waals surface area contributed by atoms with Crippen molar-refractivity contribution in [2.45, 2.75) is 74.1 Å². The van der Waals surface area contributed by atoms with Gasteiger partial charge in [-0.1, -0.05) is 71.3 Å². The second-order valence-electron chi connectivity index (χ2n) is 7.90. The molecule has 0 bridgehead atoms. The van der Waals surface area contributed by atoms with Crippen molar-refractivity contribution in [1.82, 2.24) is 0 Å². The third kappa shape index (κ3) is 4.30. The highest BCUT2D eigenvalue weighted by Gasteiger charge is 2.32. The van der Waals surface area contributed by atoms with Gasteiger partial charge in [-0.05, 0) is 42.9 Å². The molecule has 0 amide bonds. The van der Waals surface area contributed by atoms with Crippen LogP contribution >= 0.6 is 0 Å². The van der Waals surface area contributed by atoms with Crippen LogP contribution in [0.1, 0.15) is 74.1 Å². The summed E-state index contributed by atoms with van der Waals surface area (Å²) in [5.74, 6) is 0.719. The van der Waals surface area contributed by atoms with Crippen LogP contribution in [0.2, 0.25) is 0 Å². The van der Waals surface area contributed by atoms with Gasteiger partial charge in [-0.15, -0.1) is 0 Å². The number of hydrogen-bond acceptors (Lipinski definition) is 0. The van der Waals surface area contributed by atoms with Crippen LogP contribution in [0.3, 0.4) is 0 Å². The third-order valence-corrected chi connectivity index (χ3v) is 4.60. The van der Waals surface area contributed by atoms with Crippen LogP contribution in [-0.4, -0.2) is 0 Å². The number of rotatable bonds is 4. The lowest BCUT2D eigenvalue weighted by Gasteiger charge is -2.39. The molecular weight excluding hydrogens is 216 g/mol. The van der Waals surface area contributed by atoms with E-state index < -0.39 is 0 Å². The Morgan fingerprint density at radius 2 is 1.67 bits per heavy atom. The van der Waals surface area contributed by atoms with Crippen molar-refractivity contribution >= 4 is 0 Å². The van der Waals surface area contributed by atoms with Gasteiger partial charge in [0.1, 0.15) is 0 Å². The Labute approximate surface area is 115 Å². The summed E-state index contributed by atoms with van der Waals surface area (Å²) in [6.45, 7) is 16.6. The van der Waals surface area contributed by atoms with Crippen molar-refractivity contribution in [3.63, 3.8) is 0 Å². The van der Waals surface area contributed by atoms with Crippen molar-refractivity contribution in [3.05, 3.63) is 23.3 Å². The fraction of sp³-hybridized carbons (Fsp3) is 0.778. The zero-order valence-electron chi connectivity index (χ0n) is 13.6. The van der Waals surface area contributed by atoms with Gasteiger partial charge in [0.25, 0.3) is 0 Å². The molecule has 0 aliphatic heterocycles. The van der Waals surface area contributed by atoms with Gasteiger partial charge in [0.05, 0.1) is 0 Å². The summed E-state index contributed by atoms with van der Waals surface area (Å²) in [6, 6.07) is 0. The fourth-order valence-electron chi connectivity index (χ4n) is 2.74. The molecule has 0 fully saturated rings. The van der Waals surface area contributed by atoms with Gasteiger partial charge in [0.2, 0.25) is 0 Å². The SMILES string of the molecule is CCC(C)(C)CC(C1=CC=C(C)CC1)C(C)(C)C. The second kappa shape index (κ2) is 5.63. The predicted molar refractivity (Wildman–Crippen MR) is 82.7 cm³/mol. The molecule has 104 valence electrons. The quantitative estimate of drug-likeness (QED) is 0.560. The van der Waals surface area contributed by atoms with Crippen molar-refractivity contribution < 1.29 is 0 Å². The highest BCUT2D eigenvalue weighted by atomic mass is 14.4. The molecule has 18 heavy (non-hydrogen) atoms. The highest BCUT2D eigenvalue weighted by molar-refractivity contribution is 5.25. The molecule has 1 aliphatic rings. The standard InChI is InChI=1S/C18H32/c1-8-18(6,7)13-16(17(3,4)5)15-11-9-14(2)10-12-15/h9,11,16H,8,10,12-13H2,1-7H3. The maximum atomic E-state index is 2.41. The maximum absolute atomic E-state index is 2.41. The van der Waals surface area contributed by atoms with Gasteiger partial charge in [-0.2, -0.15) is 0 Å². The van der Waals surface area contributed by atoms with Crippen LogP contribution < -0.4 is 0 Å². The molecule has 0 nitrogen and oxygen atoms in total. The topological polar surface area (TPSA) is 0 Å². The Bertz CT molecular complexity index is 334. The molecule has 0 saturated heterocycles. The van der Waals surface area contributed by atoms with Crippen LogP contribution in [0, 0.1) is 16.7 Å². The molecule has 0 spiro atoms. The van der Waals surface area contributed by atoms with E-state index in [9.17, 15) is 0 Å². The summed E-state index contributed by atoms with van der Waals surface area (Å²) in [5, 5.41) is 0. The van der Waals surface area contributed by atoms with E-state index in [4.69, 9.17) is 0 Å². The van der Waals surface area contributed by atoms with Crippen LogP contribution in [0.5, 0.6) is 0 Å². The van der Waals surface area contributed by atoms with E-state index in [1.165, 1.54) is 31.3 Å². The van der Waals surface area contributed by atoms with E-state index in [1.54, 1.807) is 5.57 Å². The predicted octanol–water partition coefficient (Wildman–Crippen LogP) is 6.14.